The van der Waals surface area contributed by atoms with Gasteiger partial charge in [0, 0.05) is 19.8 Å². The molecule has 9 heteroatoms. The number of halogens is 3. The van der Waals surface area contributed by atoms with E-state index in [4.69, 9.17) is 4.74 Å². The number of hydrogen-bond acceptors (Lipinski definition) is 4. The number of carbonyl (C=O) groups excluding carboxylic acids is 1. The van der Waals surface area contributed by atoms with Gasteiger partial charge in [-0.25, -0.2) is 0 Å². The third-order valence-electron chi connectivity index (χ3n) is 3.20. The van der Waals surface area contributed by atoms with E-state index in [1.165, 1.54) is 4.68 Å². The minimum absolute atomic E-state index is 0.0543. The average Bonchev–Trinajstić information content (AvgIpc) is 2.66. The molecule has 1 amide bonds. The van der Waals surface area contributed by atoms with Crippen molar-refractivity contribution in [3.63, 3.8) is 0 Å². The highest BCUT2D eigenvalue weighted by molar-refractivity contribution is 5.95. The number of aromatic nitrogens is 2. The molecule has 1 aliphatic rings. The van der Waals surface area contributed by atoms with Crippen LogP contribution in [0.3, 0.4) is 0 Å². The third kappa shape index (κ3) is 4.18. The molecular weight excluding hydrogens is 289 g/mol. The van der Waals surface area contributed by atoms with E-state index >= 15 is 0 Å². The molecule has 6 nitrogen and oxygen atoms in total. The SMILES string of the molecule is Cc1nn(C)cc1NC(=O)C1COCCN1CC(F)(F)F. The monoisotopic (exact) mass is 306 g/mol. The lowest BCUT2D eigenvalue weighted by Gasteiger charge is -2.34. The summed E-state index contributed by atoms with van der Waals surface area (Å²) in [6, 6.07) is -0.958. The van der Waals surface area contributed by atoms with Crippen molar-refractivity contribution in [1.82, 2.24) is 14.7 Å². The van der Waals surface area contributed by atoms with E-state index in [1.807, 2.05) is 0 Å². The van der Waals surface area contributed by atoms with E-state index in [-0.39, 0.29) is 19.8 Å². The van der Waals surface area contributed by atoms with Crippen molar-refractivity contribution < 1.29 is 22.7 Å². The van der Waals surface area contributed by atoms with Crippen molar-refractivity contribution >= 4 is 11.6 Å². The van der Waals surface area contributed by atoms with Gasteiger partial charge in [0.2, 0.25) is 5.91 Å². The van der Waals surface area contributed by atoms with Gasteiger partial charge in [0.25, 0.3) is 0 Å². The molecular formula is C12H17F3N4O2. The van der Waals surface area contributed by atoms with E-state index < -0.39 is 24.7 Å². The van der Waals surface area contributed by atoms with Gasteiger partial charge in [-0.1, -0.05) is 0 Å². The number of aryl methyl sites for hydroxylation is 2. The number of anilines is 1. The number of alkyl halides is 3. The Morgan fingerprint density at radius 2 is 2.29 bits per heavy atom. The number of amides is 1. The first-order valence-corrected chi connectivity index (χ1v) is 6.46. The Hall–Kier alpha value is -1.61. The second kappa shape index (κ2) is 6.02. The predicted molar refractivity (Wildman–Crippen MR) is 68.8 cm³/mol. The first kappa shape index (κ1) is 15.8. The van der Waals surface area contributed by atoms with Crippen molar-refractivity contribution in [2.24, 2.45) is 7.05 Å². The minimum Gasteiger partial charge on any atom is -0.378 e. The van der Waals surface area contributed by atoms with Crippen molar-refractivity contribution in [3.05, 3.63) is 11.9 Å². The Bertz CT molecular complexity index is 515. The Balaban J connectivity index is 2.06. The molecule has 0 aromatic carbocycles. The van der Waals surface area contributed by atoms with Gasteiger partial charge in [-0.3, -0.25) is 14.4 Å². The van der Waals surface area contributed by atoms with Gasteiger partial charge in [0.05, 0.1) is 31.1 Å². The lowest BCUT2D eigenvalue weighted by atomic mass is 10.2. The van der Waals surface area contributed by atoms with Crippen molar-refractivity contribution in [2.75, 3.05) is 31.6 Å². The fourth-order valence-electron chi connectivity index (χ4n) is 2.24. The molecule has 0 aliphatic carbocycles. The number of morpholine rings is 1. The number of nitrogens with zero attached hydrogens (tertiary/aromatic N) is 3. The van der Waals surface area contributed by atoms with Crippen LogP contribution in [0, 0.1) is 6.92 Å². The Morgan fingerprint density at radius 1 is 1.57 bits per heavy atom. The van der Waals surface area contributed by atoms with Gasteiger partial charge in [-0.15, -0.1) is 0 Å². The van der Waals surface area contributed by atoms with Crippen LogP contribution in [-0.2, 0) is 16.6 Å². The molecule has 2 heterocycles. The maximum absolute atomic E-state index is 12.5. The molecule has 0 spiro atoms. The van der Waals surface area contributed by atoms with Gasteiger partial charge in [0.1, 0.15) is 6.04 Å². The van der Waals surface area contributed by atoms with Crippen LogP contribution in [0.25, 0.3) is 0 Å². The zero-order valence-electron chi connectivity index (χ0n) is 11.8. The van der Waals surface area contributed by atoms with E-state index in [0.29, 0.717) is 11.4 Å². The lowest BCUT2D eigenvalue weighted by Crippen LogP contribution is -2.54. The molecule has 1 N–H and O–H groups in total. The molecule has 1 fully saturated rings. The molecule has 2 rings (SSSR count). The van der Waals surface area contributed by atoms with Crippen molar-refractivity contribution in [2.45, 2.75) is 19.1 Å². The van der Waals surface area contributed by atoms with Gasteiger partial charge >= 0.3 is 6.18 Å². The standard InChI is InChI=1S/C12H17F3N4O2/c1-8-9(5-18(2)17-8)16-11(20)10-6-21-4-3-19(10)7-12(13,14)15/h5,10H,3-4,6-7H2,1-2H3,(H,16,20). The van der Waals surface area contributed by atoms with Crippen molar-refractivity contribution in [1.29, 1.82) is 0 Å². The van der Waals surface area contributed by atoms with Crippen LogP contribution in [0.2, 0.25) is 0 Å². The highest BCUT2D eigenvalue weighted by Crippen LogP contribution is 2.21. The summed E-state index contributed by atoms with van der Waals surface area (Å²) >= 11 is 0. The quantitative estimate of drug-likeness (QED) is 0.902. The van der Waals surface area contributed by atoms with Crippen molar-refractivity contribution in [3.8, 4) is 0 Å². The van der Waals surface area contributed by atoms with E-state index in [1.54, 1.807) is 20.2 Å². The first-order chi connectivity index (χ1) is 9.76. The van der Waals surface area contributed by atoms with E-state index in [9.17, 15) is 18.0 Å². The van der Waals surface area contributed by atoms with Crippen LogP contribution in [0.1, 0.15) is 5.69 Å². The molecule has 1 atom stereocenters. The summed E-state index contributed by atoms with van der Waals surface area (Å²) in [4.78, 5) is 13.3. The van der Waals surface area contributed by atoms with E-state index in [2.05, 4.69) is 10.4 Å². The topological polar surface area (TPSA) is 59.4 Å². The van der Waals surface area contributed by atoms with Crippen LogP contribution >= 0.6 is 0 Å². The van der Waals surface area contributed by atoms with Gasteiger partial charge in [0.15, 0.2) is 0 Å². The summed E-state index contributed by atoms with van der Waals surface area (Å²) < 4.78 is 44.3. The lowest BCUT2D eigenvalue weighted by molar-refractivity contribution is -0.165. The number of carbonyl (C=O) groups is 1. The maximum Gasteiger partial charge on any atom is 0.401 e. The summed E-state index contributed by atoms with van der Waals surface area (Å²) in [5.74, 6) is -0.518. The zero-order valence-corrected chi connectivity index (χ0v) is 11.8. The zero-order chi connectivity index (χ0) is 15.6. The summed E-state index contributed by atoms with van der Waals surface area (Å²) in [6.45, 7) is 0.789. The van der Waals surface area contributed by atoms with Gasteiger partial charge in [-0.2, -0.15) is 18.3 Å². The van der Waals surface area contributed by atoms with Crippen LogP contribution in [0.15, 0.2) is 6.20 Å². The smallest absolute Gasteiger partial charge is 0.378 e. The summed E-state index contributed by atoms with van der Waals surface area (Å²) in [5.41, 5.74) is 1.09. The molecule has 118 valence electrons. The van der Waals surface area contributed by atoms with Gasteiger partial charge < -0.3 is 10.1 Å². The molecule has 1 aromatic rings. The molecule has 1 saturated heterocycles. The summed E-state index contributed by atoms with van der Waals surface area (Å²) in [5, 5.41) is 6.67. The Kier molecular flexibility index (Phi) is 4.52. The molecule has 1 aromatic heterocycles. The second-order valence-corrected chi connectivity index (χ2v) is 4.97. The average molecular weight is 306 g/mol. The summed E-state index contributed by atoms with van der Waals surface area (Å²) in [7, 11) is 1.70. The molecule has 0 radical (unpaired) electrons. The molecule has 1 unspecified atom stereocenters. The fourth-order valence-corrected chi connectivity index (χ4v) is 2.24. The van der Waals surface area contributed by atoms with Crippen LogP contribution in [0.5, 0.6) is 0 Å². The first-order valence-electron chi connectivity index (χ1n) is 6.46. The maximum atomic E-state index is 12.5. The Morgan fingerprint density at radius 3 is 2.86 bits per heavy atom. The third-order valence-corrected chi connectivity index (χ3v) is 3.20. The Labute approximate surface area is 119 Å². The molecule has 21 heavy (non-hydrogen) atoms. The summed E-state index contributed by atoms with van der Waals surface area (Å²) in [6.07, 6.45) is -2.74. The number of ether oxygens (including phenoxy) is 1. The normalized spacial score (nSPS) is 20.5. The molecule has 0 saturated carbocycles. The largest absolute Gasteiger partial charge is 0.401 e. The minimum atomic E-state index is -4.35. The highest BCUT2D eigenvalue weighted by atomic mass is 19.4. The predicted octanol–water partition coefficient (Wildman–Crippen LogP) is 0.930. The molecule has 0 bridgehead atoms. The number of hydrogen-bond donors (Lipinski definition) is 1. The number of nitrogens with one attached hydrogen (secondary N) is 1. The van der Waals surface area contributed by atoms with E-state index in [0.717, 1.165) is 4.90 Å². The fraction of sp³-hybridized carbons (Fsp3) is 0.667. The van der Waals surface area contributed by atoms with Gasteiger partial charge in [-0.05, 0) is 6.92 Å². The van der Waals surface area contributed by atoms with Crippen LogP contribution < -0.4 is 5.32 Å². The van der Waals surface area contributed by atoms with Crippen LogP contribution in [-0.4, -0.2) is 59.1 Å². The van der Waals surface area contributed by atoms with Crippen LogP contribution in [0.4, 0.5) is 18.9 Å². The highest BCUT2D eigenvalue weighted by Gasteiger charge is 2.38. The second-order valence-electron chi connectivity index (χ2n) is 4.97. The number of rotatable bonds is 3. The molecule has 1 aliphatic heterocycles.